The van der Waals surface area contributed by atoms with Gasteiger partial charge in [-0.3, -0.25) is 0 Å². The predicted molar refractivity (Wildman–Crippen MR) is 76.6 cm³/mol. The molecule has 19 heavy (non-hydrogen) atoms. The summed E-state index contributed by atoms with van der Waals surface area (Å²) in [4.78, 5) is 2.49. The molecular weight excluding hydrogens is 240 g/mol. The Hall–Kier alpha value is -1.26. The van der Waals surface area contributed by atoms with Crippen molar-refractivity contribution >= 4 is 0 Å². The molecule has 1 fully saturated rings. The van der Waals surface area contributed by atoms with E-state index in [2.05, 4.69) is 17.1 Å². The average molecular weight is 264 g/mol. The second-order valence-corrected chi connectivity index (χ2v) is 5.26. The molecule has 1 aromatic rings. The standard InChI is InChI=1S/C15H24N2O2/c1-12(11-17-8-3-4-9-17)16-10-13-6-5-7-14(19-2)15(13)18/h5-7,12,16,18H,3-4,8-11H2,1-2H3. The highest BCUT2D eigenvalue weighted by atomic mass is 16.5. The van der Waals surface area contributed by atoms with Crippen LogP contribution in [0.2, 0.25) is 0 Å². The Kier molecular flexibility index (Phi) is 5.05. The molecule has 0 bridgehead atoms. The van der Waals surface area contributed by atoms with E-state index < -0.39 is 0 Å². The molecule has 4 nitrogen and oxygen atoms in total. The zero-order chi connectivity index (χ0) is 13.7. The minimum atomic E-state index is 0.242. The van der Waals surface area contributed by atoms with Gasteiger partial charge in [-0.15, -0.1) is 0 Å². The van der Waals surface area contributed by atoms with Crippen LogP contribution in [0.1, 0.15) is 25.3 Å². The summed E-state index contributed by atoms with van der Waals surface area (Å²) >= 11 is 0. The molecule has 2 N–H and O–H groups in total. The number of phenolic OH excluding ortho intramolecular Hbond substituents is 1. The number of hydrogen-bond acceptors (Lipinski definition) is 4. The summed E-state index contributed by atoms with van der Waals surface area (Å²) < 4.78 is 5.11. The van der Waals surface area contributed by atoms with Gasteiger partial charge in [0.15, 0.2) is 11.5 Å². The molecule has 1 aliphatic rings. The van der Waals surface area contributed by atoms with Crippen LogP contribution >= 0.6 is 0 Å². The Morgan fingerprint density at radius 1 is 1.37 bits per heavy atom. The van der Waals surface area contributed by atoms with Gasteiger partial charge < -0.3 is 20.1 Å². The Balaban J connectivity index is 1.84. The van der Waals surface area contributed by atoms with E-state index in [9.17, 15) is 5.11 Å². The lowest BCUT2D eigenvalue weighted by atomic mass is 10.1. The van der Waals surface area contributed by atoms with Crippen LogP contribution in [0.3, 0.4) is 0 Å². The molecule has 4 heteroatoms. The van der Waals surface area contributed by atoms with Crippen molar-refractivity contribution in [1.82, 2.24) is 10.2 Å². The lowest BCUT2D eigenvalue weighted by Gasteiger charge is -2.21. The van der Waals surface area contributed by atoms with Gasteiger partial charge in [-0.1, -0.05) is 12.1 Å². The molecule has 2 rings (SSSR count). The van der Waals surface area contributed by atoms with Crippen molar-refractivity contribution in [2.45, 2.75) is 32.4 Å². The van der Waals surface area contributed by atoms with E-state index in [-0.39, 0.29) is 5.75 Å². The maximum Gasteiger partial charge on any atom is 0.162 e. The van der Waals surface area contributed by atoms with E-state index in [0.29, 0.717) is 18.3 Å². The third-order valence-electron chi connectivity index (χ3n) is 3.67. The maximum atomic E-state index is 10.0. The fourth-order valence-corrected chi connectivity index (χ4v) is 2.58. The van der Waals surface area contributed by atoms with E-state index in [1.54, 1.807) is 13.2 Å². The Morgan fingerprint density at radius 2 is 2.11 bits per heavy atom. The van der Waals surface area contributed by atoms with Crippen molar-refractivity contribution in [2.75, 3.05) is 26.7 Å². The smallest absolute Gasteiger partial charge is 0.162 e. The van der Waals surface area contributed by atoms with Crippen LogP contribution < -0.4 is 10.1 Å². The van der Waals surface area contributed by atoms with Crippen LogP contribution in [0.4, 0.5) is 0 Å². The second kappa shape index (κ2) is 6.78. The summed E-state index contributed by atoms with van der Waals surface area (Å²) in [5.74, 6) is 0.775. The van der Waals surface area contributed by atoms with Gasteiger partial charge in [0.1, 0.15) is 0 Å². The average Bonchev–Trinajstić information content (AvgIpc) is 2.90. The van der Waals surface area contributed by atoms with Gasteiger partial charge in [0, 0.05) is 24.7 Å². The Morgan fingerprint density at radius 3 is 2.79 bits per heavy atom. The molecular formula is C15H24N2O2. The first kappa shape index (κ1) is 14.2. The predicted octanol–water partition coefficient (Wildman–Crippen LogP) is 1.97. The number of aromatic hydroxyl groups is 1. The third-order valence-corrected chi connectivity index (χ3v) is 3.67. The molecule has 1 saturated heterocycles. The van der Waals surface area contributed by atoms with Crippen LogP contribution in [-0.2, 0) is 6.54 Å². The van der Waals surface area contributed by atoms with E-state index in [4.69, 9.17) is 4.74 Å². The number of benzene rings is 1. The number of likely N-dealkylation sites (tertiary alicyclic amines) is 1. The largest absolute Gasteiger partial charge is 0.504 e. The third kappa shape index (κ3) is 3.85. The molecule has 106 valence electrons. The molecule has 1 atom stereocenters. The molecule has 0 saturated carbocycles. The zero-order valence-corrected chi connectivity index (χ0v) is 11.9. The Bertz CT molecular complexity index is 403. The van der Waals surface area contributed by atoms with Crippen LogP contribution in [0, 0.1) is 0 Å². The van der Waals surface area contributed by atoms with Crippen molar-refractivity contribution < 1.29 is 9.84 Å². The Labute approximate surface area is 115 Å². The van der Waals surface area contributed by atoms with E-state index in [1.807, 2.05) is 12.1 Å². The molecule has 0 amide bonds. The molecule has 0 spiro atoms. The highest BCUT2D eigenvalue weighted by molar-refractivity contribution is 5.45. The number of phenols is 1. The molecule has 0 aromatic heterocycles. The number of hydrogen-bond donors (Lipinski definition) is 2. The first-order chi connectivity index (χ1) is 9.20. The minimum absolute atomic E-state index is 0.242. The summed E-state index contributed by atoms with van der Waals surface area (Å²) in [6, 6.07) is 6.02. The van der Waals surface area contributed by atoms with Gasteiger partial charge in [-0.2, -0.15) is 0 Å². The van der Waals surface area contributed by atoms with Gasteiger partial charge in [0.05, 0.1) is 7.11 Å². The number of methoxy groups -OCH3 is 1. The van der Waals surface area contributed by atoms with Crippen LogP contribution in [-0.4, -0.2) is 42.8 Å². The van der Waals surface area contributed by atoms with E-state index in [1.165, 1.54) is 25.9 Å². The summed E-state index contributed by atoms with van der Waals surface area (Å²) in [6.45, 7) is 6.37. The van der Waals surface area contributed by atoms with Gasteiger partial charge in [0.2, 0.25) is 0 Å². The summed E-state index contributed by atoms with van der Waals surface area (Å²) in [5.41, 5.74) is 0.882. The first-order valence-electron chi connectivity index (χ1n) is 7.01. The van der Waals surface area contributed by atoms with Crippen molar-refractivity contribution in [3.8, 4) is 11.5 Å². The fourth-order valence-electron chi connectivity index (χ4n) is 2.58. The van der Waals surface area contributed by atoms with Gasteiger partial charge in [0.25, 0.3) is 0 Å². The SMILES string of the molecule is COc1cccc(CNC(C)CN2CCCC2)c1O. The summed E-state index contributed by atoms with van der Waals surface area (Å²) in [5, 5.41) is 13.5. The van der Waals surface area contributed by atoms with Crippen molar-refractivity contribution in [1.29, 1.82) is 0 Å². The highest BCUT2D eigenvalue weighted by Gasteiger charge is 2.15. The van der Waals surface area contributed by atoms with Gasteiger partial charge in [-0.25, -0.2) is 0 Å². The van der Waals surface area contributed by atoms with E-state index >= 15 is 0 Å². The van der Waals surface area contributed by atoms with Crippen molar-refractivity contribution in [3.63, 3.8) is 0 Å². The van der Waals surface area contributed by atoms with Crippen LogP contribution in [0.15, 0.2) is 18.2 Å². The summed E-state index contributed by atoms with van der Waals surface area (Å²) in [6.07, 6.45) is 2.65. The lowest BCUT2D eigenvalue weighted by Crippen LogP contribution is -2.37. The number of ether oxygens (including phenoxy) is 1. The number of nitrogens with one attached hydrogen (secondary N) is 1. The second-order valence-electron chi connectivity index (χ2n) is 5.26. The van der Waals surface area contributed by atoms with Gasteiger partial charge in [-0.05, 0) is 38.9 Å². The molecule has 1 unspecified atom stereocenters. The quantitative estimate of drug-likeness (QED) is 0.824. The molecule has 0 radical (unpaired) electrons. The van der Waals surface area contributed by atoms with Gasteiger partial charge >= 0.3 is 0 Å². The van der Waals surface area contributed by atoms with Crippen LogP contribution in [0.5, 0.6) is 11.5 Å². The number of rotatable bonds is 6. The van der Waals surface area contributed by atoms with Crippen LogP contribution in [0.25, 0.3) is 0 Å². The number of para-hydroxylation sites is 1. The van der Waals surface area contributed by atoms with E-state index in [0.717, 1.165) is 12.1 Å². The summed E-state index contributed by atoms with van der Waals surface area (Å²) in [7, 11) is 1.57. The monoisotopic (exact) mass is 264 g/mol. The highest BCUT2D eigenvalue weighted by Crippen LogP contribution is 2.29. The van der Waals surface area contributed by atoms with Crippen molar-refractivity contribution in [2.24, 2.45) is 0 Å². The maximum absolute atomic E-state index is 10.0. The first-order valence-corrected chi connectivity index (χ1v) is 7.01. The fraction of sp³-hybridized carbons (Fsp3) is 0.600. The normalized spacial score (nSPS) is 17.6. The van der Waals surface area contributed by atoms with Crippen molar-refractivity contribution in [3.05, 3.63) is 23.8 Å². The molecule has 1 heterocycles. The topological polar surface area (TPSA) is 44.7 Å². The minimum Gasteiger partial charge on any atom is -0.504 e. The molecule has 1 aromatic carbocycles. The molecule has 0 aliphatic carbocycles. The molecule has 1 aliphatic heterocycles. The number of nitrogens with zero attached hydrogens (tertiary/aromatic N) is 1. The lowest BCUT2D eigenvalue weighted by molar-refractivity contribution is 0.297. The zero-order valence-electron chi connectivity index (χ0n) is 11.9.